The fraction of sp³-hybridized carbons (Fsp3) is 0.417. The molecule has 0 aliphatic carbocycles. The number of hydrogen-bond acceptors (Lipinski definition) is 3. The van der Waals surface area contributed by atoms with Gasteiger partial charge in [0.1, 0.15) is 0 Å². The lowest BCUT2D eigenvalue weighted by Gasteiger charge is -2.15. The molecule has 0 spiro atoms. The van der Waals surface area contributed by atoms with Gasteiger partial charge in [-0.1, -0.05) is 23.7 Å². The summed E-state index contributed by atoms with van der Waals surface area (Å²) in [5.41, 5.74) is 0.871. The van der Waals surface area contributed by atoms with Gasteiger partial charge in [0.25, 0.3) is 0 Å². The third kappa shape index (κ3) is 2.97. The second kappa shape index (κ2) is 5.04. The molecule has 1 fully saturated rings. The number of β-amino-alcohol motifs (C(OH)–C–C–N with tert-alkyl or cyclic N) is 2. The molecule has 92 valence electrons. The van der Waals surface area contributed by atoms with E-state index in [0.717, 1.165) is 5.56 Å². The third-order valence-electron chi connectivity index (χ3n) is 2.88. The highest BCUT2D eigenvalue weighted by Crippen LogP contribution is 2.14. The molecule has 0 bridgehead atoms. The fourth-order valence-electron chi connectivity index (χ4n) is 1.86. The van der Waals surface area contributed by atoms with Crippen LogP contribution in [0.15, 0.2) is 24.3 Å². The molecule has 0 saturated carbocycles. The summed E-state index contributed by atoms with van der Waals surface area (Å²) in [6.07, 6.45) is -1.40. The van der Waals surface area contributed by atoms with Gasteiger partial charge >= 0.3 is 0 Å². The molecule has 1 aromatic carbocycles. The number of aliphatic hydroxyl groups is 2. The number of amides is 1. The Bertz CT molecular complexity index is 397. The van der Waals surface area contributed by atoms with Crippen LogP contribution >= 0.6 is 11.6 Å². The monoisotopic (exact) mass is 255 g/mol. The number of halogens is 1. The summed E-state index contributed by atoms with van der Waals surface area (Å²) in [5, 5.41) is 19.3. The Kier molecular flexibility index (Phi) is 3.66. The van der Waals surface area contributed by atoms with Crippen molar-refractivity contribution in [2.24, 2.45) is 0 Å². The van der Waals surface area contributed by atoms with Crippen LogP contribution in [0.3, 0.4) is 0 Å². The normalized spacial score (nSPS) is 24.1. The van der Waals surface area contributed by atoms with Gasteiger partial charge in [0.2, 0.25) is 5.91 Å². The summed E-state index contributed by atoms with van der Waals surface area (Å²) in [5.74, 6) is -0.0945. The second-order valence-electron chi connectivity index (χ2n) is 4.24. The van der Waals surface area contributed by atoms with Gasteiger partial charge in [0.15, 0.2) is 0 Å². The molecule has 2 unspecified atom stereocenters. The Hall–Kier alpha value is -1.10. The Morgan fingerprint density at radius 3 is 2.29 bits per heavy atom. The number of carbonyl (C=O) groups is 1. The molecule has 1 amide bonds. The number of likely N-dealkylation sites (tertiary alicyclic amines) is 1. The summed E-state index contributed by atoms with van der Waals surface area (Å²) in [4.78, 5) is 13.3. The highest BCUT2D eigenvalue weighted by Gasteiger charge is 2.32. The number of benzene rings is 1. The Labute approximate surface area is 104 Å². The van der Waals surface area contributed by atoms with Crippen molar-refractivity contribution in [3.05, 3.63) is 34.9 Å². The number of nitrogens with zero attached hydrogens (tertiary/aromatic N) is 1. The number of carbonyl (C=O) groups excluding carboxylic acids is 1. The first-order valence-electron chi connectivity index (χ1n) is 5.44. The summed E-state index contributed by atoms with van der Waals surface area (Å²) in [6.45, 7) is 0.404. The van der Waals surface area contributed by atoms with E-state index in [1.165, 1.54) is 4.90 Å². The van der Waals surface area contributed by atoms with E-state index in [0.29, 0.717) is 5.02 Å². The molecule has 1 heterocycles. The van der Waals surface area contributed by atoms with Crippen molar-refractivity contribution in [1.82, 2.24) is 4.90 Å². The molecular formula is C12H14ClNO3. The molecule has 4 nitrogen and oxygen atoms in total. The molecule has 0 aromatic heterocycles. The van der Waals surface area contributed by atoms with Crippen LogP contribution in [0.25, 0.3) is 0 Å². The maximum Gasteiger partial charge on any atom is 0.227 e. The molecule has 17 heavy (non-hydrogen) atoms. The summed E-state index contributed by atoms with van der Waals surface area (Å²) >= 11 is 5.75. The highest BCUT2D eigenvalue weighted by molar-refractivity contribution is 6.30. The smallest absolute Gasteiger partial charge is 0.227 e. The van der Waals surface area contributed by atoms with Gasteiger partial charge < -0.3 is 15.1 Å². The first-order valence-corrected chi connectivity index (χ1v) is 5.82. The van der Waals surface area contributed by atoms with Crippen LogP contribution in [0.5, 0.6) is 0 Å². The zero-order chi connectivity index (χ0) is 12.4. The molecule has 2 atom stereocenters. The predicted octanol–water partition coefficient (Wildman–Crippen LogP) is 0.446. The van der Waals surface area contributed by atoms with Gasteiger partial charge in [0.05, 0.1) is 18.6 Å². The van der Waals surface area contributed by atoms with E-state index in [1.54, 1.807) is 24.3 Å². The minimum absolute atomic E-state index is 0.0945. The van der Waals surface area contributed by atoms with Gasteiger partial charge in [-0.25, -0.2) is 0 Å². The minimum atomic E-state index is -0.829. The Morgan fingerprint density at radius 2 is 1.76 bits per heavy atom. The van der Waals surface area contributed by atoms with Gasteiger partial charge in [-0.05, 0) is 17.7 Å². The topological polar surface area (TPSA) is 60.8 Å². The van der Waals surface area contributed by atoms with Crippen LogP contribution in [0.1, 0.15) is 5.56 Å². The van der Waals surface area contributed by atoms with Crippen molar-refractivity contribution >= 4 is 17.5 Å². The molecule has 1 aliphatic heterocycles. The van der Waals surface area contributed by atoms with Crippen LogP contribution in [-0.2, 0) is 11.2 Å². The van der Waals surface area contributed by atoms with E-state index in [2.05, 4.69) is 0 Å². The molecule has 1 saturated heterocycles. The van der Waals surface area contributed by atoms with Gasteiger partial charge in [-0.2, -0.15) is 0 Å². The molecule has 5 heteroatoms. The second-order valence-corrected chi connectivity index (χ2v) is 4.67. The maximum atomic E-state index is 11.9. The van der Waals surface area contributed by atoms with Crippen molar-refractivity contribution < 1.29 is 15.0 Å². The SMILES string of the molecule is O=C(Cc1ccc(Cl)cc1)N1CC(O)C(O)C1. The maximum absolute atomic E-state index is 11.9. The van der Waals surface area contributed by atoms with Gasteiger partial charge in [-0.15, -0.1) is 0 Å². The minimum Gasteiger partial charge on any atom is -0.388 e. The largest absolute Gasteiger partial charge is 0.388 e. The summed E-state index contributed by atoms with van der Waals surface area (Å²) in [6, 6.07) is 7.06. The number of rotatable bonds is 2. The Morgan fingerprint density at radius 1 is 1.24 bits per heavy atom. The molecule has 0 radical (unpaired) electrons. The zero-order valence-corrected chi connectivity index (χ0v) is 9.97. The van der Waals surface area contributed by atoms with Crippen molar-refractivity contribution in [3.8, 4) is 0 Å². The van der Waals surface area contributed by atoms with Crippen LogP contribution in [0, 0.1) is 0 Å². The highest BCUT2D eigenvalue weighted by atomic mass is 35.5. The van der Waals surface area contributed by atoms with E-state index in [-0.39, 0.29) is 25.4 Å². The molecule has 2 rings (SSSR count). The summed E-state index contributed by atoms with van der Waals surface area (Å²) < 4.78 is 0. The van der Waals surface area contributed by atoms with Crippen LogP contribution in [-0.4, -0.2) is 46.3 Å². The number of aliphatic hydroxyl groups excluding tert-OH is 2. The quantitative estimate of drug-likeness (QED) is 0.807. The van der Waals surface area contributed by atoms with E-state index in [9.17, 15) is 15.0 Å². The van der Waals surface area contributed by atoms with Gasteiger partial charge in [-0.3, -0.25) is 4.79 Å². The molecule has 1 aromatic rings. The lowest BCUT2D eigenvalue weighted by atomic mass is 10.1. The van der Waals surface area contributed by atoms with Crippen molar-refractivity contribution in [2.45, 2.75) is 18.6 Å². The van der Waals surface area contributed by atoms with E-state index in [1.807, 2.05) is 0 Å². The van der Waals surface area contributed by atoms with Gasteiger partial charge in [0, 0.05) is 18.1 Å². The molecule has 2 N–H and O–H groups in total. The fourth-order valence-corrected chi connectivity index (χ4v) is 1.99. The van der Waals surface area contributed by atoms with E-state index >= 15 is 0 Å². The standard InChI is InChI=1S/C12H14ClNO3/c13-9-3-1-8(2-4-9)5-12(17)14-6-10(15)11(16)7-14/h1-4,10-11,15-16H,5-7H2. The van der Waals surface area contributed by atoms with Crippen molar-refractivity contribution in [1.29, 1.82) is 0 Å². The zero-order valence-electron chi connectivity index (χ0n) is 9.21. The molecule has 1 aliphatic rings. The van der Waals surface area contributed by atoms with Crippen LogP contribution in [0.2, 0.25) is 5.02 Å². The molecular weight excluding hydrogens is 242 g/mol. The van der Waals surface area contributed by atoms with Crippen LogP contribution in [0.4, 0.5) is 0 Å². The van der Waals surface area contributed by atoms with E-state index < -0.39 is 12.2 Å². The third-order valence-corrected chi connectivity index (χ3v) is 3.13. The number of hydrogen-bond donors (Lipinski definition) is 2. The van der Waals surface area contributed by atoms with Crippen molar-refractivity contribution in [2.75, 3.05) is 13.1 Å². The van der Waals surface area contributed by atoms with Crippen LogP contribution < -0.4 is 0 Å². The summed E-state index contributed by atoms with van der Waals surface area (Å²) in [7, 11) is 0. The Balaban J connectivity index is 1.96. The van der Waals surface area contributed by atoms with E-state index in [4.69, 9.17) is 11.6 Å². The first-order chi connectivity index (χ1) is 8.06. The average Bonchev–Trinajstić information content (AvgIpc) is 2.63. The lowest BCUT2D eigenvalue weighted by Crippen LogP contribution is -2.31. The average molecular weight is 256 g/mol. The predicted molar refractivity (Wildman–Crippen MR) is 63.7 cm³/mol. The lowest BCUT2D eigenvalue weighted by molar-refractivity contribution is -0.129. The first kappa shape index (κ1) is 12.4. The van der Waals surface area contributed by atoms with Crippen molar-refractivity contribution in [3.63, 3.8) is 0 Å².